The van der Waals surface area contributed by atoms with Gasteiger partial charge in [-0.05, 0) is 42.0 Å². The molecule has 1 aliphatic carbocycles. The summed E-state index contributed by atoms with van der Waals surface area (Å²) in [4.78, 5) is 27.2. The van der Waals surface area contributed by atoms with E-state index in [4.69, 9.17) is 25.8 Å². The Kier molecular flexibility index (Phi) is 6.16. The number of amides is 3. The number of hydrogen-bond acceptors (Lipinski definition) is 5. The van der Waals surface area contributed by atoms with E-state index in [2.05, 4.69) is 24.5 Å². The molecule has 2 N–H and O–H groups in total. The molecule has 3 unspecified atom stereocenters. The molecule has 2 aromatic rings. The van der Waals surface area contributed by atoms with Crippen molar-refractivity contribution in [3.63, 3.8) is 0 Å². The zero-order valence-electron chi connectivity index (χ0n) is 19.2. The fraction of sp³-hybridized carbons (Fsp3) is 0.440. The molecular weight excluding hydrogens is 458 g/mol. The number of fused-ring (bicyclic) bond motifs is 2. The monoisotopic (exact) mass is 485 g/mol. The van der Waals surface area contributed by atoms with E-state index < -0.39 is 0 Å². The summed E-state index contributed by atoms with van der Waals surface area (Å²) >= 11 is 6.45. The highest BCUT2D eigenvalue weighted by Gasteiger charge is 2.35. The number of halogens is 1. The van der Waals surface area contributed by atoms with Crippen LogP contribution in [-0.4, -0.2) is 36.3 Å². The smallest absolute Gasteiger partial charge is 0.322 e. The molecule has 0 aromatic heterocycles. The Morgan fingerprint density at radius 3 is 2.79 bits per heavy atom. The number of anilines is 2. The molecule has 1 fully saturated rings. The molecule has 3 aliphatic rings. The first-order chi connectivity index (χ1) is 16.4. The summed E-state index contributed by atoms with van der Waals surface area (Å²) < 4.78 is 16.5. The number of hydrogen-bond donors (Lipinski definition) is 2. The van der Waals surface area contributed by atoms with Gasteiger partial charge in [0.1, 0.15) is 5.75 Å². The molecule has 2 aromatic carbocycles. The minimum atomic E-state index is -0.240. The van der Waals surface area contributed by atoms with Crippen LogP contribution < -0.4 is 24.8 Å². The van der Waals surface area contributed by atoms with Crippen molar-refractivity contribution in [2.45, 2.75) is 45.7 Å². The van der Waals surface area contributed by atoms with E-state index in [1.165, 1.54) is 0 Å². The Morgan fingerprint density at radius 1 is 1.12 bits per heavy atom. The number of nitrogens with zero attached hydrogens (tertiary/aromatic N) is 1. The Bertz CT molecular complexity index is 1120. The first-order valence-electron chi connectivity index (χ1n) is 11.6. The van der Waals surface area contributed by atoms with E-state index in [9.17, 15) is 9.59 Å². The molecule has 1 saturated carbocycles. The van der Waals surface area contributed by atoms with E-state index in [0.29, 0.717) is 52.0 Å². The molecule has 180 valence electrons. The lowest BCUT2D eigenvalue weighted by Gasteiger charge is -2.41. The minimum Gasteiger partial charge on any atom is -0.482 e. The molecule has 0 spiro atoms. The second kappa shape index (κ2) is 9.25. The lowest BCUT2D eigenvalue weighted by Crippen LogP contribution is -2.48. The van der Waals surface area contributed by atoms with Crippen LogP contribution in [0.25, 0.3) is 0 Å². The predicted molar refractivity (Wildman–Crippen MR) is 129 cm³/mol. The van der Waals surface area contributed by atoms with Crippen LogP contribution in [0.3, 0.4) is 0 Å². The van der Waals surface area contributed by atoms with E-state index in [1.54, 1.807) is 12.1 Å². The van der Waals surface area contributed by atoms with Gasteiger partial charge in [0.15, 0.2) is 18.1 Å². The Labute approximate surface area is 203 Å². The van der Waals surface area contributed by atoms with Crippen molar-refractivity contribution >= 4 is 34.9 Å². The largest absolute Gasteiger partial charge is 0.482 e. The Morgan fingerprint density at radius 2 is 1.94 bits per heavy atom. The van der Waals surface area contributed by atoms with Crippen LogP contribution in [0.4, 0.5) is 16.2 Å². The minimum absolute atomic E-state index is 0.0737. The van der Waals surface area contributed by atoms with Crippen molar-refractivity contribution in [2.24, 2.45) is 11.8 Å². The fourth-order valence-corrected chi connectivity index (χ4v) is 5.16. The van der Waals surface area contributed by atoms with E-state index in [-0.39, 0.29) is 31.4 Å². The molecule has 5 rings (SSSR count). The number of carbonyl (C=O) groups is 2. The molecule has 8 nitrogen and oxygen atoms in total. The lowest BCUT2D eigenvalue weighted by molar-refractivity contribution is -0.118. The van der Waals surface area contributed by atoms with Gasteiger partial charge in [-0.15, -0.1) is 0 Å². The van der Waals surface area contributed by atoms with Crippen molar-refractivity contribution in [3.8, 4) is 17.2 Å². The average Bonchev–Trinajstić information content (AvgIpc) is 3.28. The van der Waals surface area contributed by atoms with Gasteiger partial charge in [0, 0.05) is 18.7 Å². The highest BCUT2D eigenvalue weighted by Crippen LogP contribution is 2.39. The van der Waals surface area contributed by atoms with Crippen LogP contribution in [0, 0.1) is 11.8 Å². The number of rotatable bonds is 4. The van der Waals surface area contributed by atoms with Gasteiger partial charge < -0.3 is 29.7 Å². The number of urea groups is 1. The molecule has 3 atom stereocenters. The number of carbonyl (C=O) groups excluding carboxylic acids is 2. The highest BCUT2D eigenvalue weighted by atomic mass is 35.5. The molecule has 9 heteroatoms. The van der Waals surface area contributed by atoms with E-state index in [1.807, 2.05) is 23.1 Å². The van der Waals surface area contributed by atoms with Gasteiger partial charge in [-0.3, -0.25) is 4.79 Å². The van der Waals surface area contributed by atoms with Gasteiger partial charge in [-0.25, -0.2) is 4.79 Å². The maximum atomic E-state index is 13.7. The average molecular weight is 486 g/mol. The quantitative estimate of drug-likeness (QED) is 0.616. The second-order valence-corrected chi connectivity index (χ2v) is 9.65. The fourth-order valence-electron chi connectivity index (χ4n) is 4.95. The molecule has 0 bridgehead atoms. The van der Waals surface area contributed by atoms with Crippen LogP contribution in [-0.2, 0) is 11.3 Å². The topological polar surface area (TPSA) is 89.1 Å². The SMILES string of the molecule is CC1CCCC(N(Cc2ccc3c(c2)OCO3)C(=O)Nc2cc3c(cc2Cl)NC(=O)CO3)C1C. The zero-order valence-corrected chi connectivity index (χ0v) is 20.0. The van der Waals surface area contributed by atoms with Crippen LogP contribution >= 0.6 is 11.6 Å². The van der Waals surface area contributed by atoms with Gasteiger partial charge >= 0.3 is 6.03 Å². The number of nitrogens with one attached hydrogen (secondary N) is 2. The molecule has 2 heterocycles. The summed E-state index contributed by atoms with van der Waals surface area (Å²) in [6.07, 6.45) is 3.18. The summed E-state index contributed by atoms with van der Waals surface area (Å²) in [6, 6.07) is 8.88. The number of ether oxygens (including phenoxy) is 3. The van der Waals surface area contributed by atoms with E-state index >= 15 is 0 Å². The summed E-state index contributed by atoms with van der Waals surface area (Å²) in [6.45, 7) is 5.03. The van der Waals surface area contributed by atoms with Gasteiger partial charge in [-0.2, -0.15) is 0 Å². The Hall–Kier alpha value is -3.13. The highest BCUT2D eigenvalue weighted by molar-refractivity contribution is 6.34. The number of benzene rings is 2. The van der Waals surface area contributed by atoms with Gasteiger partial charge in [0.2, 0.25) is 6.79 Å². The van der Waals surface area contributed by atoms with Gasteiger partial charge in [0.05, 0.1) is 16.4 Å². The summed E-state index contributed by atoms with van der Waals surface area (Å²) in [5, 5.41) is 6.03. The van der Waals surface area contributed by atoms with Crippen LogP contribution in [0.1, 0.15) is 38.7 Å². The van der Waals surface area contributed by atoms with Crippen LogP contribution in [0.2, 0.25) is 5.02 Å². The maximum absolute atomic E-state index is 13.7. The second-order valence-electron chi connectivity index (χ2n) is 9.25. The standard InChI is InChI=1S/C25H28ClN3O5/c1-14-4-3-5-20(15(14)2)29(11-16-6-7-21-23(8-16)34-13-33-21)25(31)28-18-10-22-19(9-17(18)26)27-24(30)12-32-22/h6-10,14-15,20H,3-5,11-13H2,1-2H3,(H,27,30)(H,28,31). The van der Waals surface area contributed by atoms with Gasteiger partial charge in [0.25, 0.3) is 5.91 Å². The molecule has 0 saturated heterocycles. The molecule has 2 aliphatic heterocycles. The van der Waals surface area contributed by atoms with Crippen molar-refractivity contribution in [3.05, 3.63) is 40.9 Å². The van der Waals surface area contributed by atoms with Crippen LogP contribution in [0.15, 0.2) is 30.3 Å². The van der Waals surface area contributed by atoms with E-state index in [0.717, 1.165) is 24.8 Å². The molecule has 34 heavy (non-hydrogen) atoms. The first kappa shape index (κ1) is 22.7. The third-order valence-corrected chi connectivity index (χ3v) is 7.37. The Balaban J connectivity index is 1.41. The van der Waals surface area contributed by atoms with Crippen molar-refractivity contribution < 1.29 is 23.8 Å². The summed E-state index contributed by atoms with van der Waals surface area (Å²) in [5.41, 5.74) is 1.90. The third-order valence-electron chi connectivity index (χ3n) is 7.06. The molecule has 3 amide bonds. The van der Waals surface area contributed by atoms with Crippen molar-refractivity contribution in [1.29, 1.82) is 0 Å². The summed E-state index contributed by atoms with van der Waals surface area (Å²) in [5.74, 6) is 2.52. The lowest BCUT2D eigenvalue weighted by atomic mass is 9.77. The normalized spacial score (nSPS) is 22.9. The third kappa shape index (κ3) is 4.46. The maximum Gasteiger partial charge on any atom is 0.322 e. The summed E-state index contributed by atoms with van der Waals surface area (Å²) in [7, 11) is 0. The predicted octanol–water partition coefficient (Wildman–Crippen LogP) is 5.26. The zero-order chi connectivity index (χ0) is 23.8. The molecule has 0 radical (unpaired) electrons. The van der Waals surface area contributed by atoms with Crippen LogP contribution in [0.5, 0.6) is 17.2 Å². The molecular formula is C25H28ClN3O5. The van der Waals surface area contributed by atoms with Crippen molar-refractivity contribution in [1.82, 2.24) is 4.90 Å². The van der Waals surface area contributed by atoms with Crippen molar-refractivity contribution in [2.75, 3.05) is 24.0 Å². The first-order valence-corrected chi connectivity index (χ1v) is 12.0. The van der Waals surface area contributed by atoms with Gasteiger partial charge in [-0.1, -0.05) is 44.4 Å².